The molecular weight excluding hydrogens is 1830 g/mol. The summed E-state index contributed by atoms with van der Waals surface area (Å²) in [5.41, 5.74) is 32.8. The minimum absolute atomic E-state index is 0.520. The third kappa shape index (κ3) is 14.0. The van der Waals surface area contributed by atoms with Gasteiger partial charge in [0.15, 0.2) is 34.9 Å². The fraction of sp³-hybridized carbons (Fsp3) is 0.0217. The van der Waals surface area contributed by atoms with Crippen LogP contribution >= 0.6 is 0 Å². The summed E-state index contributed by atoms with van der Waals surface area (Å²) < 4.78 is 6.73. The molecule has 3 aliphatic rings. The fourth-order valence-corrected chi connectivity index (χ4v) is 24.2. The maximum Gasteiger partial charge on any atom is 0.238 e. The Hall–Kier alpha value is -20.0. The Labute approximate surface area is 866 Å². The van der Waals surface area contributed by atoms with Crippen LogP contribution in [0.4, 0.5) is 0 Å². The lowest BCUT2D eigenvalue weighted by atomic mass is 9.67. The predicted molar refractivity (Wildman–Crippen MR) is 607 cm³/mol. The zero-order valence-corrected chi connectivity index (χ0v) is 81.3. The maximum absolute atomic E-state index is 5.25. The number of fused-ring (bicyclic) bond motifs is 20. The van der Waals surface area contributed by atoms with E-state index in [-0.39, 0.29) is 0 Å². The van der Waals surface area contributed by atoms with E-state index >= 15 is 0 Å². The first kappa shape index (κ1) is 87.8. The maximum atomic E-state index is 5.25. The van der Waals surface area contributed by atoms with Crippen LogP contribution in [-0.2, 0) is 16.2 Å². The SMILES string of the molecule is c1ccc(-c2nc(-c3ccccc3)nc(-n3c4ccccc4c4c5c(ccc43)-c3ccccc3C5(c3ccccc3)c3ccccc3)n2)cc1.c1ccc(-c2nc(-c3ccccc3)nc(-n3c4ccccc4c4cc5c(cc43)C(c3ccccc3)(c3ccccc3)c3ccccc3-5)n2)cc1.c1ccc(-c2nc(-c3ccccc3)nc(-n3c4ccccc4c4ccc5c(c43)-c3ccccc3C5(c3ccccc3)c3ccccc3)n2)cc1. The van der Waals surface area contributed by atoms with Crippen molar-refractivity contribution in [1.29, 1.82) is 0 Å². The zero-order chi connectivity index (χ0) is 99.2. The van der Waals surface area contributed by atoms with Crippen LogP contribution in [0.25, 0.3) is 185 Å². The summed E-state index contributed by atoms with van der Waals surface area (Å²) in [4.78, 5) is 46.3. The Morgan fingerprint density at radius 3 is 0.827 bits per heavy atom. The van der Waals surface area contributed by atoms with Crippen LogP contribution in [0.3, 0.4) is 0 Å². The molecule has 0 saturated carbocycles. The Morgan fingerprint density at radius 1 is 0.153 bits per heavy atom. The fourth-order valence-electron chi connectivity index (χ4n) is 24.2. The molecular formula is C138H90N12. The second-order valence-electron chi connectivity index (χ2n) is 38.4. The smallest absolute Gasteiger partial charge is 0.238 e. The number of nitrogens with zero attached hydrogens (tertiary/aromatic N) is 12. The van der Waals surface area contributed by atoms with E-state index < -0.39 is 16.2 Å². The van der Waals surface area contributed by atoms with E-state index in [1.165, 1.54) is 106 Å². The number of benzene rings is 21. The molecule has 30 rings (SSSR count). The number of hydrogen-bond acceptors (Lipinski definition) is 9. The van der Waals surface area contributed by atoms with Gasteiger partial charge < -0.3 is 0 Å². The van der Waals surface area contributed by atoms with Gasteiger partial charge in [-0.05, 0) is 131 Å². The van der Waals surface area contributed by atoms with Gasteiger partial charge in [0, 0.05) is 71.3 Å². The van der Waals surface area contributed by atoms with E-state index in [4.69, 9.17) is 44.9 Å². The van der Waals surface area contributed by atoms with Crippen molar-refractivity contribution in [1.82, 2.24) is 58.6 Å². The van der Waals surface area contributed by atoms with E-state index in [2.05, 4.69) is 450 Å². The third-order valence-corrected chi connectivity index (χ3v) is 30.4. The van der Waals surface area contributed by atoms with Crippen molar-refractivity contribution in [3.63, 3.8) is 0 Å². The van der Waals surface area contributed by atoms with E-state index in [1.54, 1.807) is 0 Å². The molecule has 0 radical (unpaired) electrons. The highest BCUT2D eigenvalue weighted by Crippen LogP contribution is 2.63. The van der Waals surface area contributed by atoms with Gasteiger partial charge in [0.05, 0.1) is 49.3 Å². The summed E-state index contributed by atoms with van der Waals surface area (Å²) in [5.74, 6) is 5.58. The Bertz CT molecular complexity index is 9330. The molecule has 0 unspecified atom stereocenters. The lowest BCUT2D eigenvalue weighted by molar-refractivity contribution is 0.769. The normalized spacial score (nSPS) is 13.0. The number of hydrogen-bond donors (Lipinski definition) is 0. The van der Waals surface area contributed by atoms with Gasteiger partial charge in [-0.1, -0.05) is 510 Å². The minimum Gasteiger partial charge on any atom is -0.278 e. The Balaban J connectivity index is 0.000000108. The second-order valence-corrected chi connectivity index (χ2v) is 38.4. The molecule has 0 bridgehead atoms. The van der Waals surface area contributed by atoms with Crippen molar-refractivity contribution in [3.05, 3.63) is 613 Å². The van der Waals surface area contributed by atoms with E-state index in [1.807, 2.05) is 109 Å². The molecule has 6 aromatic heterocycles. The molecule has 702 valence electrons. The van der Waals surface area contributed by atoms with Gasteiger partial charge >= 0.3 is 0 Å². The van der Waals surface area contributed by atoms with Gasteiger partial charge in [-0.15, -0.1) is 0 Å². The van der Waals surface area contributed by atoms with E-state index in [0.717, 1.165) is 93.4 Å². The average molecular weight is 1920 g/mol. The Kier molecular flexibility index (Phi) is 21.3. The molecule has 3 aliphatic carbocycles. The first-order chi connectivity index (χ1) is 74.4. The molecule has 12 heteroatoms. The molecule has 0 saturated heterocycles. The molecule has 21 aromatic carbocycles. The quantitative estimate of drug-likeness (QED) is 0.0984. The van der Waals surface area contributed by atoms with E-state index in [9.17, 15) is 0 Å². The Morgan fingerprint density at radius 2 is 0.433 bits per heavy atom. The van der Waals surface area contributed by atoms with Crippen LogP contribution in [0.1, 0.15) is 66.8 Å². The van der Waals surface area contributed by atoms with Crippen molar-refractivity contribution in [2.75, 3.05) is 0 Å². The largest absolute Gasteiger partial charge is 0.278 e. The third-order valence-electron chi connectivity index (χ3n) is 30.4. The molecule has 0 N–H and O–H groups in total. The van der Waals surface area contributed by atoms with Crippen molar-refractivity contribution >= 4 is 65.4 Å². The summed E-state index contributed by atoms with van der Waals surface area (Å²) in [5, 5.41) is 6.99. The zero-order valence-electron chi connectivity index (χ0n) is 81.3. The van der Waals surface area contributed by atoms with Gasteiger partial charge in [-0.25, -0.2) is 15.0 Å². The molecule has 12 nitrogen and oxygen atoms in total. The van der Waals surface area contributed by atoms with Crippen LogP contribution < -0.4 is 0 Å². The number of para-hydroxylation sites is 3. The van der Waals surface area contributed by atoms with Crippen LogP contribution in [0, 0.1) is 0 Å². The first-order valence-corrected chi connectivity index (χ1v) is 50.9. The standard InChI is InChI=1S/3C46H30N4/c1-5-17-31(18-6-1)43-47-44(32-19-7-2-8-20-32)49-45(48-43)50-40-28-16-14-25-35(40)36-29-30-39-41(42(36)50)37-26-13-15-27-38(37)46(39,33-21-9-3-10-22-33)34-23-11-4-12-24-34;1-5-17-31(18-6-1)43-47-44(32-19-7-2-8-20-32)49-45(48-43)50-41-28-16-14-26-36(41)38-29-37-35-25-13-15-27-39(35)46(40(37)30-42(38)50,33-21-9-3-10-22-33)34-23-11-4-12-24-34;1-5-17-31(18-6-1)43-47-44(32-19-7-2-8-20-32)49-45(48-43)50-39-28-16-14-26-37(39)41-40(50)30-29-36-35-25-13-15-27-38(35)46(42(36)41,33-21-9-3-10-22-33)34-23-11-4-12-24-34/h3*1-30H. The molecule has 0 fully saturated rings. The van der Waals surface area contributed by atoms with Crippen molar-refractivity contribution in [2.45, 2.75) is 16.2 Å². The van der Waals surface area contributed by atoms with Gasteiger partial charge in [-0.2, -0.15) is 29.9 Å². The highest BCUT2D eigenvalue weighted by molar-refractivity contribution is 6.18. The molecule has 6 heterocycles. The van der Waals surface area contributed by atoms with Crippen LogP contribution in [-0.4, -0.2) is 58.6 Å². The average Bonchev–Trinajstić information content (AvgIpc) is 1.52. The minimum atomic E-state index is -0.549. The van der Waals surface area contributed by atoms with Gasteiger partial charge in [0.25, 0.3) is 0 Å². The van der Waals surface area contributed by atoms with Gasteiger partial charge in [-0.3, -0.25) is 13.7 Å². The molecule has 0 spiro atoms. The monoisotopic (exact) mass is 1910 g/mol. The summed E-state index contributed by atoms with van der Waals surface area (Å²) in [7, 11) is 0. The molecule has 0 amide bonds. The number of rotatable bonds is 15. The molecule has 0 atom stereocenters. The lowest BCUT2D eigenvalue weighted by Crippen LogP contribution is -2.28. The van der Waals surface area contributed by atoms with Crippen LogP contribution in [0.5, 0.6) is 0 Å². The lowest BCUT2D eigenvalue weighted by Gasteiger charge is -2.34. The van der Waals surface area contributed by atoms with Crippen LogP contribution in [0.15, 0.2) is 546 Å². The molecule has 27 aromatic rings. The summed E-state index contributed by atoms with van der Waals surface area (Å²) >= 11 is 0. The summed E-state index contributed by atoms with van der Waals surface area (Å²) in [6.45, 7) is 0. The van der Waals surface area contributed by atoms with Crippen molar-refractivity contribution in [2.24, 2.45) is 0 Å². The van der Waals surface area contributed by atoms with E-state index in [0.29, 0.717) is 52.8 Å². The van der Waals surface area contributed by atoms with Gasteiger partial charge in [0.2, 0.25) is 17.8 Å². The summed E-state index contributed by atoms with van der Waals surface area (Å²) in [6, 6.07) is 193. The van der Waals surface area contributed by atoms with Crippen molar-refractivity contribution in [3.8, 4) is 120 Å². The topological polar surface area (TPSA) is 131 Å². The highest BCUT2D eigenvalue weighted by atomic mass is 15.2. The first-order valence-electron chi connectivity index (χ1n) is 50.9. The van der Waals surface area contributed by atoms with Gasteiger partial charge in [0.1, 0.15) is 0 Å². The second kappa shape index (κ2) is 36.4. The molecule has 0 aliphatic heterocycles. The molecule has 150 heavy (non-hydrogen) atoms. The predicted octanol–water partition coefficient (Wildman–Crippen LogP) is 32.0. The number of aromatic nitrogens is 12. The highest BCUT2D eigenvalue weighted by Gasteiger charge is 2.51. The van der Waals surface area contributed by atoms with Crippen molar-refractivity contribution < 1.29 is 0 Å². The summed E-state index contributed by atoms with van der Waals surface area (Å²) in [6.07, 6.45) is 0. The van der Waals surface area contributed by atoms with Crippen LogP contribution in [0.2, 0.25) is 0 Å².